The van der Waals surface area contributed by atoms with E-state index in [1.165, 1.54) is 25.5 Å². The summed E-state index contributed by atoms with van der Waals surface area (Å²) in [5.74, 6) is -0.160. The highest BCUT2D eigenvalue weighted by molar-refractivity contribution is 6.32. The molecule has 0 aliphatic heterocycles. The summed E-state index contributed by atoms with van der Waals surface area (Å²) in [6.07, 6.45) is 1.93. The summed E-state index contributed by atoms with van der Waals surface area (Å²) >= 11 is 6.57. The van der Waals surface area contributed by atoms with Crippen molar-refractivity contribution in [3.05, 3.63) is 63.8 Å². The average molecular weight is 483 g/mol. The highest BCUT2D eigenvalue weighted by Crippen LogP contribution is 2.41. The molecule has 0 unspecified atom stereocenters. The van der Waals surface area contributed by atoms with Gasteiger partial charge < -0.3 is 15.8 Å². The number of fused-ring (bicyclic) bond motifs is 1. The number of carbonyl (C=O) groups excluding carboxylic acids is 1. The van der Waals surface area contributed by atoms with Gasteiger partial charge >= 0.3 is 0 Å². The van der Waals surface area contributed by atoms with Gasteiger partial charge in [-0.05, 0) is 55.2 Å². The zero-order valence-electron chi connectivity index (χ0n) is 19.2. The first-order chi connectivity index (χ1) is 16.3. The van der Waals surface area contributed by atoms with Crippen molar-refractivity contribution in [2.24, 2.45) is 0 Å². The Balaban J connectivity index is 1.76. The molecule has 3 N–H and O–H groups in total. The van der Waals surface area contributed by atoms with E-state index < -0.39 is 11.7 Å². The molecule has 0 atom stereocenters. The zero-order valence-corrected chi connectivity index (χ0v) is 20.0. The molecule has 0 spiro atoms. The zero-order chi connectivity index (χ0) is 24.6. The molecule has 1 amide bonds. The van der Waals surface area contributed by atoms with Crippen molar-refractivity contribution >= 4 is 34.4 Å². The van der Waals surface area contributed by atoms with Gasteiger partial charge in [-0.3, -0.25) is 4.79 Å². The van der Waals surface area contributed by atoms with E-state index in [9.17, 15) is 9.18 Å². The molecule has 0 aliphatic carbocycles. The highest BCUT2D eigenvalue weighted by atomic mass is 35.5. The first-order valence-corrected chi connectivity index (χ1v) is 11.0. The number of hydrogen-bond donors (Lipinski definition) is 2. The van der Waals surface area contributed by atoms with Gasteiger partial charge in [0.2, 0.25) is 0 Å². The largest absolute Gasteiger partial charge is 0.496 e. The number of aryl methyl sites for hydroxylation is 3. The molecule has 4 rings (SSSR count). The van der Waals surface area contributed by atoms with E-state index >= 15 is 0 Å². The summed E-state index contributed by atoms with van der Waals surface area (Å²) < 4.78 is 22.3. The molecule has 0 radical (unpaired) electrons. The van der Waals surface area contributed by atoms with Crippen molar-refractivity contribution in [1.29, 1.82) is 0 Å². The SMILES string of the molecule is CNC(=O)c1ccc(-c2c(C)c(Cl)cc(CCn3nc(C)c4c(N)ncnc43)c2OC)cc1F. The maximum Gasteiger partial charge on any atom is 0.253 e. The molecule has 0 bridgehead atoms. The number of benzene rings is 2. The number of nitrogens with two attached hydrogens (primary N) is 1. The van der Waals surface area contributed by atoms with E-state index in [-0.39, 0.29) is 5.56 Å². The molecule has 176 valence electrons. The molecule has 0 saturated heterocycles. The van der Waals surface area contributed by atoms with Crippen LogP contribution in [0.3, 0.4) is 0 Å². The van der Waals surface area contributed by atoms with Crippen molar-refractivity contribution in [3.8, 4) is 16.9 Å². The molecule has 4 aromatic rings. The van der Waals surface area contributed by atoms with Gasteiger partial charge in [0, 0.05) is 24.2 Å². The fourth-order valence-electron chi connectivity index (χ4n) is 4.13. The molecule has 8 nitrogen and oxygen atoms in total. The van der Waals surface area contributed by atoms with E-state index in [1.54, 1.807) is 17.9 Å². The molecule has 34 heavy (non-hydrogen) atoms. The van der Waals surface area contributed by atoms with Gasteiger partial charge in [0.25, 0.3) is 5.91 Å². The number of aromatic nitrogens is 4. The van der Waals surface area contributed by atoms with Gasteiger partial charge in [0.15, 0.2) is 5.65 Å². The van der Waals surface area contributed by atoms with E-state index in [4.69, 9.17) is 22.1 Å². The Morgan fingerprint density at radius 2 is 2.03 bits per heavy atom. The summed E-state index contributed by atoms with van der Waals surface area (Å²) in [5.41, 5.74) is 10.2. The summed E-state index contributed by atoms with van der Waals surface area (Å²) in [5, 5.41) is 8.24. The molecule has 0 fully saturated rings. The van der Waals surface area contributed by atoms with E-state index in [2.05, 4.69) is 20.4 Å². The average Bonchev–Trinajstić information content (AvgIpc) is 3.15. The first kappa shape index (κ1) is 23.4. The van der Waals surface area contributed by atoms with Crippen LogP contribution in [0.2, 0.25) is 5.02 Å². The number of nitrogen functional groups attached to an aromatic ring is 1. The topological polar surface area (TPSA) is 108 Å². The number of ether oxygens (including phenoxy) is 1. The van der Waals surface area contributed by atoms with Gasteiger partial charge in [-0.15, -0.1) is 0 Å². The Bertz CT molecular complexity index is 1420. The second kappa shape index (κ2) is 9.26. The Hall–Kier alpha value is -3.72. The van der Waals surface area contributed by atoms with Crippen LogP contribution in [-0.2, 0) is 13.0 Å². The quantitative estimate of drug-likeness (QED) is 0.428. The fraction of sp³-hybridized carbons (Fsp3) is 0.250. The molecule has 2 heterocycles. The van der Waals surface area contributed by atoms with Gasteiger partial charge in [-0.25, -0.2) is 19.0 Å². The summed E-state index contributed by atoms with van der Waals surface area (Å²) in [7, 11) is 3.02. The number of nitrogens with one attached hydrogen (secondary N) is 1. The molecular formula is C24H24ClFN6O2. The Morgan fingerprint density at radius 1 is 1.26 bits per heavy atom. The molecule has 2 aromatic carbocycles. The monoisotopic (exact) mass is 482 g/mol. The maximum absolute atomic E-state index is 14.7. The minimum absolute atomic E-state index is 0.0349. The van der Waals surface area contributed by atoms with Crippen LogP contribution in [0.15, 0.2) is 30.6 Å². The predicted molar refractivity (Wildman–Crippen MR) is 130 cm³/mol. The smallest absolute Gasteiger partial charge is 0.253 e. The number of hydrogen-bond acceptors (Lipinski definition) is 6. The minimum Gasteiger partial charge on any atom is -0.496 e. The lowest BCUT2D eigenvalue weighted by molar-refractivity contribution is 0.0959. The second-order valence-corrected chi connectivity index (χ2v) is 8.25. The van der Waals surface area contributed by atoms with Crippen molar-refractivity contribution in [2.45, 2.75) is 26.8 Å². The number of anilines is 1. The van der Waals surface area contributed by atoms with Crippen LogP contribution in [0.25, 0.3) is 22.2 Å². The summed E-state index contributed by atoms with van der Waals surface area (Å²) in [4.78, 5) is 20.3. The highest BCUT2D eigenvalue weighted by Gasteiger charge is 2.20. The van der Waals surface area contributed by atoms with Crippen LogP contribution in [0, 0.1) is 19.7 Å². The lowest BCUT2D eigenvalue weighted by Gasteiger charge is -2.18. The Kier molecular flexibility index (Phi) is 6.39. The van der Waals surface area contributed by atoms with Gasteiger partial charge in [-0.2, -0.15) is 5.10 Å². The minimum atomic E-state index is -0.629. The summed E-state index contributed by atoms with van der Waals surface area (Å²) in [6, 6.07) is 6.30. The predicted octanol–water partition coefficient (Wildman–Crippen LogP) is 4.10. The van der Waals surface area contributed by atoms with Crippen LogP contribution in [0.4, 0.5) is 10.2 Å². The van der Waals surface area contributed by atoms with Crippen molar-refractivity contribution in [2.75, 3.05) is 19.9 Å². The van der Waals surface area contributed by atoms with E-state index in [1.807, 2.05) is 19.9 Å². The number of halogens is 2. The number of methoxy groups -OCH3 is 1. The standard InChI is InChI=1S/C24H24ClFN6O2/c1-12-17(25)9-15(7-8-32-23-20(13(2)31-32)22(27)29-11-30-23)21(34-4)19(12)14-5-6-16(18(26)10-14)24(33)28-3/h5-6,9-11H,7-8H2,1-4H3,(H,28,33)(H2,27,29,30). The van der Waals surface area contributed by atoms with Crippen molar-refractivity contribution in [1.82, 2.24) is 25.1 Å². The van der Waals surface area contributed by atoms with E-state index in [0.717, 1.165) is 22.2 Å². The molecular weight excluding hydrogens is 459 g/mol. The third-order valence-corrected chi connectivity index (χ3v) is 6.21. The van der Waals surface area contributed by atoms with Crippen molar-refractivity contribution in [3.63, 3.8) is 0 Å². The fourth-order valence-corrected chi connectivity index (χ4v) is 4.35. The third-order valence-electron chi connectivity index (χ3n) is 5.81. The molecule has 2 aromatic heterocycles. The van der Waals surface area contributed by atoms with Gasteiger partial charge in [0.05, 0.1) is 23.8 Å². The molecule has 0 aliphatic rings. The Morgan fingerprint density at radius 3 is 2.71 bits per heavy atom. The van der Waals surface area contributed by atoms with Gasteiger partial charge in [-0.1, -0.05) is 17.7 Å². The number of carbonyl (C=O) groups is 1. The summed E-state index contributed by atoms with van der Waals surface area (Å²) in [6.45, 7) is 4.19. The Labute approximate surface area is 200 Å². The third kappa shape index (κ3) is 4.03. The molecule has 10 heteroatoms. The number of amides is 1. The van der Waals surface area contributed by atoms with Gasteiger partial charge in [0.1, 0.15) is 23.7 Å². The normalized spacial score (nSPS) is 11.1. The van der Waals surface area contributed by atoms with Crippen molar-refractivity contribution < 1.29 is 13.9 Å². The van der Waals surface area contributed by atoms with Crippen LogP contribution < -0.4 is 15.8 Å². The second-order valence-electron chi connectivity index (χ2n) is 7.84. The van der Waals surface area contributed by atoms with Crippen LogP contribution in [-0.4, -0.2) is 39.8 Å². The molecule has 0 saturated carbocycles. The van der Waals surface area contributed by atoms with Crippen LogP contribution >= 0.6 is 11.6 Å². The van der Waals surface area contributed by atoms with E-state index in [0.29, 0.717) is 46.3 Å². The number of nitrogens with zero attached hydrogens (tertiary/aromatic N) is 4. The lowest BCUT2D eigenvalue weighted by atomic mass is 9.94. The maximum atomic E-state index is 14.7. The number of rotatable bonds is 6. The van der Waals surface area contributed by atoms with Crippen LogP contribution in [0.5, 0.6) is 5.75 Å². The first-order valence-electron chi connectivity index (χ1n) is 10.6. The lowest BCUT2D eigenvalue weighted by Crippen LogP contribution is -2.19. The van der Waals surface area contributed by atoms with Crippen LogP contribution in [0.1, 0.15) is 27.2 Å².